The van der Waals surface area contributed by atoms with Gasteiger partial charge in [-0.1, -0.05) is 6.58 Å². The third kappa shape index (κ3) is 9.95. The zero-order valence-corrected chi connectivity index (χ0v) is 11.8. The average molecular weight is 251 g/mol. The number of hydrogen-bond acceptors (Lipinski definition) is 6. The van der Waals surface area contributed by atoms with E-state index >= 15 is 0 Å². The van der Waals surface area contributed by atoms with Crippen LogP contribution in [0.15, 0.2) is 24.3 Å². The second-order valence-corrected chi connectivity index (χ2v) is 2.71. The number of aliphatic hydroxyl groups is 1. The molecule has 0 fully saturated rings. The Kier molecular flexibility index (Phi) is 11.1. The van der Waals surface area contributed by atoms with Crippen LogP contribution in [0.3, 0.4) is 0 Å². The van der Waals surface area contributed by atoms with E-state index in [9.17, 15) is 14.4 Å². The van der Waals surface area contributed by atoms with Crippen molar-refractivity contribution >= 4 is 47.5 Å². The van der Waals surface area contributed by atoms with E-state index in [-0.39, 0.29) is 42.8 Å². The average Bonchev–Trinajstić information content (AvgIpc) is 2.59. The van der Waals surface area contributed by atoms with Crippen LogP contribution in [-0.2, 0) is 23.9 Å². The molecule has 0 atom stereocenters. The Morgan fingerprint density at radius 3 is 2.12 bits per heavy atom. The van der Waals surface area contributed by atoms with Gasteiger partial charge in [-0.2, -0.15) is 0 Å². The topological polar surface area (TPSA) is 89.9 Å². The number of rotatable bonds is 3. The molecule has 0 spiro atoms. The molecule has 0 aromatic rings. The Balaban J connectivity index is 0. The molecule has 7 heteroatoms. The summed E-state index contributed by atoms with van der Waals surface area (Å²) in [5, 5.41) is 8.19. The normalized spacial score (nSPS) is 11.9. The number of carbonyl (C=O) groups excluding carboxylic acids is 3. The molecule has 0 aliphatic carbocycles. The van der Waals surface area contributed by atoms with Crippen molar-refractivity contribution in [2.45, 2.75) is 6.92 Å². The standard InChI is InChI=1S/C6H10O3.C4H2O3.Na/c1-5(2)6(8)9-4-3-7;5-3-1-2-4(6)7-3;/h7H,1,3-4H2,2H3;1-2H;. The molecule has 1 heterocycles. The second-order valence-electron chi connectivity index (χ2n) is 2.71. The van der Waals surface area contributed by atoms with E-state index in [1.54, 1.807) is 6.92 Å². The molecule has 0 amide bonds. The molecular formula is C10H12NaO6. The quantitative estimate of drug-likeness (QED) is 0.310. The predicted molar refractivity (Wildman–Crippen MR) is 58.9 cm³/mol. The number of cyclic esters (lactones) is 2. The summed E-state index contributed by atoms with van der Waals surface area (Å²) in [5.41, 5.74) is 0.350. The summed E-state index contributed by atoms with van der Waals surface area (Å²) in [6.07, 6.45) is 2.17. The van der Waals surface area contributed by atoms with Crippen molar-refractivity contribution in [1.29, 1.82) is 0 Å². The third-order valence-corrected chi connectivity index (χ3v) is 1.23. The maximum absolute atomic E-state index is 10.5. The first kappa shape index (κ1) is 18.4. The van der Waals surface area contributed by atoms with E-state index < -0.39 is 17.9 Å². The molecule has 89 valence electrons. The minimum atomic E-state index is -0.579. The largest absolute Gasteiger partial charge is 0.460 e. The van der Waals surface area contributed by atoms with Crippen LogP contribution >= 0.6 is 0 Å². The van der Waals surface area contributed by atoms with Crippen molar-refractivity contribution in [2.24, 2.45) is 0 Å². The van der Waals surface area contributed by atoms with E-state index in [0.29, 0.717) is 5.57 Å². The first-order chi connectivity index (χ1) is 7.47. The van der Waals surface area contributed by atoms with Crippen LogP contribution in [0.25, 0.3) is 0 Å². The predicted octanol–water partition coefficient (Wildman–Crippen LogP) is -0.657. The van der Waals surface area contributed by atoms with E-state index in [4.69, 9.17) is 5.11 Å². The molecule has 17 heavy (non-hydrogen) atoms. The van der Waals surface area contributed by atoms with Crippen LogP contribution in [-0.4, -0.2) is 65.8 Å². The Morgan fingerprint density at radius 1 is 1.41 bits per heavy atom. The first-order valence-electron chi connectivity index (χ1n) is 4.34. The number of hydrogen-bond donors (Lipinski definition) is 1. The first-order valence-corrected chi connectivity index (χ1v) is 4.34. The molecule has 1 aliphatic heterocycles. The van der Waals surface area contributed by atoms with Crippen LogP contribution in [0.4, 0.5) is 0 Å². The Morgan fingerprint density at radius 2 is 1.88 bits per heavy atom. The van der Waals surface area contributed by atoms with Gasteiger partial charge in [-0.15, -0.1) is 0 Å². The van der Waals surface area contributed by atoms with E-state index in [1.807, 2.05) is 0 Å². The molecule has 1 rings (SSSR count). The van der Waals surface area contributed by atoms with Gasteiger partial charge in [0.2, 0.25) is 0 Å². The summed E-state index contributed by atoms with van der Waals surface area (Å²) in [7, 11) is 0. The fraction of sp³-hybridized carbons (Fsp3) is 0.300. The summed E-state index contributed by atoms with van der Waals surface area (Å²) in [4.78, 5) is 30.3. The third-order valence-electron chi connectivity index (χ3n) is 1.23. The molecule has 0 unspecified atom stereocenters. The molecule has 1 radical (unpaired) electrons. The number of ether oxygens (including phenoxy) is 2. The number of aliphatic hydroxyl groups excluding tert-OH is 1. The summed E-state index contributed by atoms with van der Waals surface area (Å²) >= 11 is 0. The Bertz CT molecular complexity index is 318. The van der Waals surface area contributed by atoms with Crippen molar-refractivity contribution in [3.8, 4) is 0 Å². The molecule has 0 saturated carbocycles. The fourth-order valence-electron chi connectivity index (χ4n) is 0.565. The molecular weight excluding hydrogens is 239 g/mol. The molecule has 1 N–H and O–H groups in total. The van der Waals surface area contributed by atoms with Gasteiger partial charge in [0.05, 0.1) is 6.61 Å². The summed E-state index contributed by atoms with van der Waals surface area (Å²) < 4.78 is 8.44. The van der Waals surface area contributed by atoms with Gasteiger partial charge >= 0.3 is 17.9 Å². The smallest absolute Gasteiger partial charge is 0.338 e. The number of esters is 3. The van der Waals surface area contributed by atoms with Gasteiger partial charge in [-0.05, 0) is 6.92 Å². The summed E-state index contributed by atoms with van der Waals surface area (Å²) in [5.74, 6) is -1.61. The SMILES string of the molecule is C=C(C)C(=O)OCCO.O=C1C=CC(=O)O1.[Na]. The zero-order valence-electron chi connectivity index (χ0n) is 9.76. The number of carbonyl (C=O) groups is 3. The van der Waals surface area contributed by atoms with Crippen molar-refractivity contribution < 1.29 is 29.0 Å². The zero-order chi connectivity index (χ0) is 12.6. The minimum Gasteiger partial charge on any atom is -0.460 e. The molecule has 0 aromatic heterocycles. The maximum atomic E-state index is 10.5. The van der Waals surface area contributed by atoms with Gasteiger partial charge in [0.25, 0.3) is 0 Å². The van der Waals surface area contributed by atoms with Crippen molar-refractivity contribution in [2.75, 3.05) is 13.2 Å². The van der Waals surface area contributed by atoms with Gasteiger partial charge < -0.3 is 14.6 Å². The van der Waals surface area contributed by atoms with Crippen LogP contribution in [0, 0.1) is 0 Å². The van der Waals surface area contributed by atoms with Gasteiger partial charge in [0.1, 0.15) is 6.61 Å². The van der Waals surface area contributed by atoms with E-state index in [0.717, 1.165) is 12.2 Å². The van der Waals surface area contributed by atoms with Crippen molar-refractivity contribution in [1.82, 2.24) is 0 Å². The van der Waals surface area contributed by atoms with Gasteiger partial charge in [-0.25, -0.2) is 14.4 Å². The maximum Gasteiger partial charge on any atom is 0.338 e. The minimum absolute atomic E-state index is 0. The van der Waals surface area contributed by atoms with Gasteiger partial charge in [0.15, 0.2) is 0 Å². The second kappa shape index (κ2) is 10.2. The molecule has 0 saturated heterocycles. The Hall–Kier alpha value is -0.950. The van der Waals surface area contributed by atoms with Gasteiger partial charge in [-0.3, -0.25) is 0 Å². The van der Waals surface area contributed by atoms with E-state index in [1.165, 1.54) is 0 Å². The van der Waals surface area contributed by atoms with Crippen LogP contribution in [0.1, 0.15) is 6.92 Å². The van der Waals surface area contributed by atoms with Crippen molar-refractivity contribution in [3.05, 3.63) is 24.3 Å². The van der Waals surface area contributed by atoms with E-state index in [2.05, 4.69) is 16.1 Å². The fourth-order valence-corrected chi connectivity index (χ4v) is 0.565. The van der Waals surface area contributed by atoms with Crippen LogP contribution < -0.4 is 0 Å². The van der Waals surface area contributed by atoms with Crippen LogP contribution in [0.2, 0.25) is 0 Å². The monoisotopic (exact) mass is 251 g/mol. The van der Waals surface area contributed by atoms with Gasteiger partial charge in [0, 0.05) is 47.3 Å². The molecule has 6 nitrogen and oxygen atoms in total. The van der Waals surface area contributed by atoms with Crippen molar-refractivity contribution in [3.63, 3.8) is 0 Å². The molecule has 1 aliphatic rings. The van der Waals surface area contributed by atoms with Crippen LogP contribution in [0.5, 0.6) is 0 Å². The summed E-state index contributed by atoms with van der Waals surface area (Å²) in [6, 6.07) is 0. The Labute approximate surface area is 121 Å². The summed E-state index contributed by atoms with van der Waals surface area (Å²) in [6.45, 7) is 4.81. The molecule has 0 bridgehead atoms. The molecule has 0 aromatic carbocycles.